The summed E-state index contributed by atoms with van der Waals surface area (Å²) in [4.78, 5) is 0. The fourth-order valence-corrected chi connectivity index (χ4v) is 4.32. The lowest BCUT2D eigenvalue weighted by molar-refractivity contribution is -0.203. The first-order valence-corrected chi connectivity index (χ1v) is 8.39. The van der Waals surface area contributed by atoms with E-state index in [1.165, 1.54) is 5.56 Å². The molecule has 2 aliphatic rings. The average Bonchev–Trinajstić information content (AvgIpc) is 2.99. The van der Waals surface area contributed by atoms with E-state index in [-0.39, 0.29) is 23.9 Å². The molecule has 2 unspecified atom stereocenters. The molecule has 3 rings (SSSR count). The van der Waals surface area contributed by atoms with Gasteiger partial charge in [0, 0.05) is 6.42 Å². The number of rotatable bonds is 4. The molecule has 0 bridgehead atoms. The van der Waals surface area contributed by atoms with Crippen LogP contribution in [0.1, 0.15) is 44.6 Å². The quantitative estimate of drug-likeness (QED) is 0.881. The maximum absolute atomic E-state index is 9.89. The number of likely N-dealkylation sites (N-methyl/N-ethyl adjacent to an activating group) is 1. The molecular formula is C18H28ClNO3. The van der Waals surface area contributed by atoms with E-state index >= 15 is 0 Å². The van der Waals surface area contributed by atoms with Gasteiger partial charge in [-0.2, -0.15) is 0 Å². The molecule has 0 aromatic heterocycles. The minimum Gasteiger partial charge on any atom is -0.508 e. The monoisotopic (exact) mass is 341 g/mol. The third-order valence-electron chi connectivity index (χ3n) is 5.39. The molecule has 1 saturated heterocycles. The number of benzene rings is 1. The second kappa shape index (κ2) is 7.39. The number of halogens is 1. The van der Waals surface area contributed by atoms with Crippen LogP contribution in [0.4, 0.5) is 0 Å². The van der Waals surface area contributed by atoms with E-state index in [9.17, 15) is 5.11 Å². The van der Waals surface area contributed by atoms with Crippen LogP contribution < -0.4 is 5.32 Å². The summed E-state index contributed by atoms with van der Waals surface area (Å²) < 4.78 is 12.0. The number of hydrogen-bond acceptors (Lipinski definition) is 4. The average molecular weight is 342 g/mol. The highest BCUT2D eigenvalue weighted by molar-refractivity contribution is 5.85. The van der Waals surface area contributed by atoms with E-state index in [2.05, 4.69) is 18.3 Å². The highest BCUT2D eigenvalue weighted by Gasteiger charge is 2.52. The van der Waals surface area contributed by atoms with Crippen LogP contribution in [0, 0.1) is 0 Å². The van der Waals surface area contributed by atoms with Gasteiger partial charge in [0.15, 0.2) is 5.79 Å². The van der Waals surface area contributed by atoms with Crippen LogP contribution in [0.3, 0.4) is 0 Å². The van der Waals surface area contributed by atoms with Crippen LogP contribution in [0.25, 0.3) is 0 Å². The largest absolute Gasteiger partial charge is 0.508 e. The molecule has 1 spiro atoms. The zero-order valence-corrected chi connectivity index (χ0v) is 14.8. The summed E-state index contributed by atoms with van der Waals surface area (Å²) in [6, 6.07) is 7.95. The molecule has 0 radical (unpaired) electrons. The van der Waals surface area contributed by atoms with Crippen LogP contribution in [0.2, 0.25) is 0 Å². The van der Waals surface area contributed by atoms with Crippen LogP contribution in [-0.4, -0.2) is 37.2 Å². The second-order valence-corrected chi connectivity index (χ2v) is 6.63. The third kappa shape index (κ3) is 3.36. The van der Waals surface area contributed by atoms with Crippen LogP contribution in [-0.2, 0) is 14.9 Å². The Hall–Kier alpha value is -0.810. The predicted molar refractivity (Wildman–Crippen MR) is 93.3 cm³/mol. The fraction of sp³-hybridized carbons (Fsp3) is 0.667. The second-order valence-electron chi connectivity index (χ2n) is 6.63. The lowest BCUT2D eigenvalue weighted by Gasteiger charge is -2.49. The number of hydrogen-bond donors (Lipinski definition) is 2. The highest BCUT2D eigenvalue weighted by atomic mass is 35.5. The standard InChI is InChI=1S/C18H27NO3.ClH/c1-3-7-17(14-5-4-6-15(20)12-14)8-9-18(16(13-17)19-2)21-10-11-22-18;/h4-6,12,16,19-20H,3,7-11,13H2,1-2H3;1H. The van der Waals surface area contributed by atoms with Crippen LogP contribution >= 0.6 is 12.4 Å². The molecule has 1 aliphatic heterocycles. The van der Waals surface area contributed by atoms with Gasteiger partial charge in [0.25, 0.3) is 0 Å². The van der Waals surface area contributed by atoms with Gasteiger partial charge < -0.3 is 19.9 Å². The van der Waals surface area contributed by atoms with Gasteiger partial charge >= 0.3 is 0 Å². The Morgan fingerprint density at radius 1 is 1.26 bits per heavy atom. The van der Waals surface area contributed by atoms with Crippen molar-refractivity contribution >= 4 is 12.4 Å². The van der Waals surface area contributed by atoms with Gasteiger partial charge in [0.1, 0.15) is 5.75 Å². The predicted octanol–water partition coefficient (Wildman–Crippen LogP) is 3.37. The lowest BCUT2D eigenvalue weighted by Crippen LogP contribution is -2.57. The summed E-state index contributed by atoms with van der Waals surface area (Å²) >= 11 is 0. The first kappa shape index (κ1) is 18.5. The van der Waals surface area contributed by atoms with E-state index in [1.54, 1.807) is 6.07 Å². The van der Waals surface area contributed by atoms with Gasteiger partial charge in [-0.15, -0.1) is 12.4 Å². The molecular weight excluding hydrogens is 314 g/mol. The molecule has 130 valence electrons. The van der Waals surface area contributed by atoms with Crippen molar-refractivity contribution in [3.63, 3.8) is 0 Å². The van der Waals surface area contributed by atoms with E-state index < -0.39 is 5.79 Å². The van der Waals surface area contributed by atoms with Gasteiger partial charge in [-0.25, -0.2) is 0 Å². The first-order chi connectivity index (χ1) is 10.6. The molecule has 2 atom stereocenters. The number of nitrogens with one attached hydrogen (secondary N) is 1. The summed E-state index contributed by atoms with van der Waals surface area (Å²) in [5.74, 6) is -0.106. The van der Waals surface area contributed by atoms with Gasteiger partial charge in [-0.3, -0.25) is 0 Å². The lowest BCUT2D eigenvalue weighted by atomic mass is 9.63. The van der Waals surface area contributed by atoms with Crippen molar-refractivity contribution < 1.29 is 14.6 Å². The molecule has 5 heteroatoms. The SMILES string of the molecule is CCCC1(c2cccc(O)c2)CCC2(OCCO2)C(NC)C1.Cl. The zero-order chi connectivity index (χ0) is 15.6. The molecule has 2 fully saturated rings. The Bertz CT molecular complexity index is 519. The minimum absolute atomic E-state index is 0. The van der Waals surface area contributed by atoms with Gasteiger partial charge in [0.2, 0.25) is 0 Å². The van der Waals surface area contributed by atoms with Crippen LogP contribution in [0.5, 0.6) is 5.75 Å². The van der Waals surface area contributed by atoms with Crippen molar-refractivity contribution in [2.45, 2.75) is 56.3 Å². The number of phenolic OH excluding ortho intramolecular Hbond substituents is 1. The van der Waals surface area contributed by atoms with E-state index in [0.29, 0.717) is 19.0 Å². The first-order valence-electron chi connectivity index (χ1n) is 8.39. The van der Waals surface area contributed by atoms with Crippen molar-refractivity contribution in [3.8, 4) is 5.75 Å². The molecule has 1 aromatic rings. The van der Waals surface area contributed by atoms with Crippen molar-refractivity contribution in [1.82, 2.24) is 5.32 Å². The van der Waals surface area contributed by atoms with E-state index in [1.807, 2.05) is 19.2 Å². The molecule has 4 nitrogen and oxygen atoms in total. The Morgan fingerprint density at radius 3 is 2.61 bits per heavy atom. The molecule has 1 aromatic carbocycles. The summed E-state index contributed by atoms with van der Waals surface area (Å²) in [5.41, 5.74) is 1.32. The summed E-state index contributed by atoms with van der Waals surface area (Å²) in [6.45, 7) is 3.60. The maximum atomic E-state index is 9.89. The number of phenols is 1. The Balaban J connectivity index is 0.00000192. The summed E-state index contributed by atoms with van der Waals surface area (Å²) in [6.07, 6.45) is 5.14. The van der Waals surface area contributed by atoms with Crippen molar-refractivity contribution in [1.29, 1.82) is 0 Å². The molecule has 0 amide bonds. The van der Waals surface area contributed by atoms with Gasteiger partial charge in [-0.05, 0) is 49.4 Å². The van der Waals surface area contributed by atoms with Crippen LogP contribution in [0.15, 0.2) is 24.3 Å². The number of aromatic hydroxyl groups is 1. The van der Waals surface area contributed by atoms with E-state index in [4.69, 9.17) is 9.47 Å². The Kier molecular flexibility index (Phi) is 5.95. The van der Waals surface area contributed by atoms with Gasteiger partial charge in [-0.1, -0.05) is 25.5 Å². The molecule has 2 N–H and O–H groups in total. The normalized spacial score (nSPS) is 29.4. The fourth-order valence-electron chi connectivity index (χ4n) is 4.32. The smallest absolute Gasteiger partial charge is 0.183 e. The van der Waals surface area contributed by atoms with E-state index in [0.717, 1.165) is 32.1 Å². The van der Waals surface area contributed by atoms with Gasteiger partial charge in [0.05, 0.1) is 19.3 Å². The molecule has 1 saturated carbocycles. The highest BCUT2D eigenvalue weighted by Crippen LogP contribution is 2.49. The Labute approximate surface area is 145 Å². The molecule has 1 aliphatic carbocycles. The van der Waals surface area contributed by atoms with Crippen molar-refractivity contribution in [2.24, 2.45) is 0 Å². The van der Waals surface area contributed by atoms with Crippen molar-refractivity contribution in [2.75, 3.05) is 20.3 Å². The maximum Gasteiger partial charge on any atom is 0.183 e. The molecule has 23 heavy (non-hydrogen) atoms. The zero-order valence-electron chi connectivity index (χ0n) is 14.0. The third-order valence-corrected chi connectivity index (χ3v) is 5.39. The molecule has 1 heterocycles. The number of ether oxygens (including phenoxy) is 2. The minimum atomic E-state index is -0.456. The topological polar surface area (TPSA) is 50.7 Å². The van der Waals surface area contributed by atoms with Crippen molar-refractivity contribution in [3.05, 3.63) is 29.8 Å². The summed E-state index contributed by atoms with van der Waals surface area (Å²) in [5, 5.41) is 13.3. The Morgan fingerprint density at radius 2 is 2.00 bits per heavy atom. The summed E-state index contributed by atoms with van der Waals surface area (Å²) in [7, 11) is 1.99.